The van der Waals surface area contributed by atoms with E-state index in [9.17, 15) is 4.79 Å². The van der Waals surface area contributed by atoms with Crippen LogP contribution in [-0.2, 0) is 4.79 Å². The second-order valence-electron chi connectivity index (χ2n) is 6.30. The summed E-state index contributed by atoms with van der Waals surface area (Å²) in [6.07, 6.45) is 3.72. The van der Waals surface area contributed by atoms with Gasteiger partial charge in [-0.15, -0.1) is 10.2 Å². The number of nitrogens with zero attached hydrogens (tertiary/aromatic N) is 4. The predicted octanol–water partition coefficient (Wildman–Crippen LogP) is 2.35. The summed E-state index contributed by atoms with van der Waals surface area (Å²) in [7, 11) is 3.85. The molecule has 6 heteroatoms. The Morgan fingerprint density at radius 1 is 1.35 bits per heavy atom. The molecule has 1 aliphatic rings. The van der Waals surface area contributed by atoms with Gasteiger partial charge in [-0.1, -0.05) is 13.8 Å². The van der Waals surface area contributed by atoms with E-state index in [-0.39, 0.29) is 17.9 Å². The lowest BCUT2D eigenvalue weighted by molar-refractivity contribution is -0.138. The molecule has 0 aromatic carbocycles. The lowest BCUT2D eigenvalue weighted by atomic mass is 9.99. The van der Waals surface area contributed by atoms with Gasteiger partial charge in [-0.3, -0.25) is 4.79 Å². The summed E-state index contributed by atoms with van der Waals surface area (Å²) in [4.78, 5) is 16.4. The van der Waals surface area contributed by atoms with Crippen molar-refractivity contribution in [2.45, 2.75) is 45.6 Å². The van der Waals surface area contributed by atoms with Crippen molar-refractivity contribution in [1.82, 2.24) is 15.1 Å². The van der Waals surface area contributed by atoms with Gasteiger partial charge < -0.3 is 14.5 Å². The molecular formula is C17H28N4O2. The quantitative estimate of drug-likeness (QED) is 0.805. The van der Waals surface area contributed by atoms with E-state index in [1.807, 2.05) is 36.0 Å². The van der Waals surface area contributed by atoms with E-state index in [2.05, 4.69) is 24.0 Å². The van der Waals surface area contributed by atoms with E-state index in [1.165, 1.54) is 0 Å². The molecule has 0 spiro atoms. The van der Waals surface area contributed by atoms with Crippen LogP contribution in [0.15, 0.2) is 12.1 Å². The highest BCUT2D eigenvalue weighted by molar-refractivity contribution is 5.78. The zero-order valence-electron chi connectivity index (χ0n) is 14.7. The number of rotatable bonds is 6. The summed E-state index contributed by atoms with van der Waals surface area (Å²) in [6, 6.07) is 3.72. The van der Waals surface area contributed by atoms with Gasteiger partial charge in [0.05, 0.1) is 6.54 Å². The molecule has 2 rings (SSSR count). The van der Waals surface area contributed by atoms with Crippen LogP contribution in [0.25, 0.3) is 0 Å². The molecule has 1 aromatic heterocycles. The molecule has 1 saturated heterocycles. The van der Waals surface area contributed by atoms with Crippen LogP contribution in [0.3, 0.4) is 0 Å². The Morgan fingerprint density at radius 3 is 2.65 bits per heavy atom. The third-order valence-corrected chi connectivity index (χ3v) is 4.40. The van der Waals surface area contributed by atoms with Crippen molar-refractivity contribution in [1.29, 1.82) is 0 Å². The number of hydrogen-bond acceptors (Lipinski definition) is 5. The monoisotopic (exact) mass is 320 g/mol. The van der Waals surface area contributed by atoms with E-state index in [0.717, 1.165) is 38.0 Å². The summed E-state index contributed by atoms with van der Waals surface area (Å²) in [5, 5.41) is 8.24. The molecule has 0 bridgehead atoms. The van der Waals surface area contributed by atoms with Crippen molar-refractivity contribution in [3.8, 4) is 5.88 Å². The Hall–Kier alpha value is -1.85. The van der Waals surface area contributed by atoms with Gasteiger partial charge in [0, 0.05) is 32.6 Å². The van der Waals surface area contributed by atoms with Crippen molar-refractivity contribution in [3.05, 3.63) is 12.1 Å². The minimum absolute atomic E-state index is 0.00145. The number of amides is 1. The van der Waals surface area contributed by atoms with E-state index < -0.39 is 0 Å². The van der Waals surface area contributed by atoms with Crippen LogP contribution >= 0.6 is 0 Å². The molecular weight excluding hydrogens is 292 g/mol. The second-order valence-corrected chi connectivity index (χ2v) is 6.30. The molecule has 1 atom stereocenters. The fraction of sp³-hybridized carbons (Fsp3) is 0.706. The van der Waals surface area contributed by atoms with Gasteiger partial charge in [-0.05, 0) is 31.7 Å². The number of piperidine rings is 1. The highest BCUT2D eigenvalue weighted by Gasteiger charge is 2.28. The van der Waals surface area contributed by atoms with Gasteiger partial charge in [0.15, 0.2) is 5.82 Å². The third-order valence-electron chi connectivity index (χ3n) is 4.40. The third kappa shape index (κ3) is 4.56. The molecule has 1 aromatic rings. The molecule has 0 saturated carbocycles. The molecule has 0 radical (unpaired) electrons. The number of carbonyl (C=O) groups is 1. The zero-order chi connectivity index (χ0) is 16.8. The maximum absolute atomic E-state index is 12.5. The average Bonchev–Trinajstić information content (AvgIpc) is 2.56. The Balaban J connectivity index is 1.94. The number of aromatic nitrogens is 2. The summed E-state index contributed by atoms with van der Waals surface area (Å²) in [5.41, 5.74) is 0. The van der Waals surface area contributed by atoms with Gasteiger partial charge in [-0.2, -0.15) is 0 Å². The number of carbonyl (C=O) groups excluding carboxylic acids is 1. The highest BCUT2D eigenvalue weighted by atomic mass is 16.5. The first-order chi connectivity index (χ1) is 11.0. The summed E-state index contributed by atoms with van der Waals surface area (Å²) < 4.78 is 5.93. The number of anilines is 1. The topological polar surface area (TPSA) is 58.6 Å². The van der Waals surface area contributed by atoms with Crippen LogP contribution in [0, 0.1) is 5.92 Å². The van der Waals surface area contributed by atoms with E-state index in [0.29, 0.717) is 12.4 Å². The van der Waals surface area contributed by atoms with E-state index in [1.54, 1.807) is 0 Å². The first-order valence-corrected chi connectivity index (χ1v) is 8.51. The lowest BCUT2D eigenvalue weighted by Crippen LogP contribution is -2.46. The summed E-state index contributed by atoms with van der Waals surface area (Å²) >= 11 is 0. The van der Waals surface area contributed by atoms with E-state index in [4.69, 9.17) is 4.74 Å². The normalized spacial score (nSPS) is 18.1. The minimum Gasteiger partial charge on any atom is -0.471 e. The lowest BCUT2D eigenvalue weighted by Gasteiger charge is -2.34. The van der Waals surface area contributed by atoms with Crippen LogP contribution in [0.4, 0.5) is 5.82 Å². The minimum atomic E-state index is 0.00145. The first kappa shape index (κ1) is 17.5. The van der Waals surface area contributed by atoms with Gasteiger partial charge in [0.2, 0.25) is 11.8 Å². The van der Waals surface area contributed by atoms with Crippen LogP contribution in [0.1, 0.15) is 39.5 Å². The maximum atomic E-state index is 12.5. The molecule has 23 heavy (non-hydrogen) atoms. The standard InChI is InChI=1S/C17H28N4O2/c1-5-13(6-2)17(22)21-11-7-8-14(12-21)23-16-10-9-15(18-19-16)20(3)4/h9-10,13-14H,5-8,11-12H2,1-4H3. The Kier molecular flexibility index (Phi) is 6.19. The summed E-state index contributed by atoms with van der Waals surface area (Å²) in [6.45, 7) is 5.63. The second kappa shape index (κ2) is 8.13. The van der Waals surface area contributed by atoms with Crippen LogP contribution in [-0.4, -0.2) is 54.3 Å². The number of hydrogen-bond donors (Lipinski definition) is 0. The van der Waals surface area contributed by atoms with Crippen molar-refractivity contribution < 1.29 is 9.53 Å². The maximum Gasteiger partial charge on any atom is 0.233 e. The van der Waals surface area contributed by atoms with Gasteiger partial charge in [-0.25, -0.2) is 0 Å². The molecule has 1 aliphatic heterocycles. The van der Waals surface area contributed by atoms with Gasteiger partial charge in [0.1, 0.15) is 6.10 Å². The zero-order valence-corrected chi connectivity index (χ0v) is 14.7. The SMILES string of the molecule is CCC(CC)C(=O)N1CCCC(Oc2ccc(N(C)C)nn2)C1. The van der Waals surface area contributed by atoms with Gasteiger partial charge in [0.25, 0.3) is 0 Å². The fourth-order valence-corrected chi connectivity index (χ4v) is 2.92. The van der Waals surface area contributed by atoms with Gasteiger partial charge >= 0.3 is 0 Å². The molecule has 128 valence electrons. The molecule has 0 aliphatic carbocycles. The van der Waals surface area contributed by atoms with Crippen molar-refractivity contribution in [2.75, 3.05) is 32.1 Å². The molecule has 2 heterocycles. The Bertz CT molecular complexity index is 500. The fourth-order valence-electron chi connectivity index (χ4n) is 2.92. The predicted molar refractivity (Wildman–Crippen MR) is 90.7 cm³/mol. The largest absolute Gasteiger partial charge is 0.471 e. The van der Waals surface area contributed by atoms with Crippen molar-refractivity contribution in [3.63, 3.8) is 0 Å². The molecule has 1 fully saturated rings. The number of likely N-dealkylation sites (tertiary alicyclic amines) is 1. The number of ether oxygens (including phenoxy) is 1. The summed E-state index contributed by atoms with van der Waals surface area (Å²) in [5.74, 6) is 1.72. The molecule has 0 N–H and O–H groups in total. The van der Waals surface area contributed by atoms with E-state index >= 15 is 0 Å². The van der Waals surface area contributed by atoms with Crippen LogP contribution in [0.5, 0.6) is 5.88 Å². The van der Waals surface area contributed by atoms with Crippen LogP contribution in [0.2, 0.25) is 0 Å². The van der Waals surface area contributed by atoms with Crippen molar-refractivity contribution >= 4 is 11.7 Å². The first-order valence-electron chi connectivity index (χ1n) is 8.51. The smallest absolute Gasteiger partial charge is 0.233 e. The average molecular weight is 320 g/mol. The molecule has 6 nitrogen and oxygen atoms in total. The highest BCUT2D eigenvalue weighted by Crippen LogP contribution is 2.20. The molecule has 1 unspecified atom stereocenters. The van der Waals surface area contributed by atoms with Crippen molar-refractivity contribution in [2.24, 2.45) is 5.92 Å². The Morgan fingerprint density at radius 2 is 2.09 bits per heavy atom. The van der Waals surface area contributed by atoms with Crippen LogP contribution < -0.4 is 9.64 Å². The molecule has 1 amide bonds. The Labute approximate surface area is 138 Å².